The molecule has 1 fully saturated rings. The monoisotopic (exact) mass is 227 g/mol. The van der Waals surface area contributed by atoms with Gasteiger partial charge in [-0.15, -0.1) is 0 Å². The summed E-state index contributed by atoms with van der Waals surface area (Å²) in [5.74, 6) is 0.192. The van der Waals surface area contributed by atoms with Crippen molar-refractivity contribution >= 4 is 5.91 Å². The number of carbonyl (C=O) groups excluding carboxylic acids is 1. The van der Waals surface area contributed by atoms with Crippen LogP contribution in [0.5, 0.6) is 0 Å². The van der Waals surface area contributed by atoms with Gasteiger partial charge < -0.3 is 15.5 Å². The Morgan fingerprint density at radius 2 is 1.94 bits per heavy atom. The maximum absolute atomic E-state index is 11.3. The predicted molar refractivity (Wildman–Crippen MR) is 66.4 cm³/mol. The Morgan fingerprint density at radius 3 is 2.50 bits per heavy atom. The van der Waals surface area contributed by atoms with Crippen molar-refractivity contribution in [3.05, 3.63) is 0 Å². The first-order chi connectivity index (χ1) is 7.76. The minimum atomic E-state index is 0.192. The van der Waals surface area contributed by atoms with Crippen molar-refractivity contribution in [3.8, 4) is 0 Å². The van der Waals surface area contributed by atoms with Gasteiger partial charge in [-0.1, -0.05) is 13.8 Å². The molecule has 0 unspecified atom stereocenters. The van der Waals surface area contributed by atoms with Crippen molar-refractivity contribution < 1.29 is 4.79 Å². The van der Waals surface area contributed by atoms with E-state index in [1.165, 1.54) is 12.8 Å². The smallest absolute Gasteiger partial charge is 0.221 e. The highest BCUT2D eigenvalue weighted by molar-refractivity contribution is 5.76. The molecule has 0 aromatic heterocycles. The summed E-state index contributed by atoms with van der Waals surface area (Å²) in [6.07, 6.45) is 2.94. The molecule has 2 N–H and O–H groups in total. The number of hydrogen-bond donors (Lipinski definition) is 2. The number of hydrogen-bond acceptors (Lipinski definition) is 3. The first-order valence-electron chi connectivity index (χ1n) is 6.48. The van der Waals surface area contributed by atoms with Crippen LogP contribution >= 0.6 is 0 Å². The predicted octanol–water partition coefficient (Wildman–Crippen LogP) is 0.587. The van der Waals surface area contributed by atoms with E-state index in [0.717, 1.165) is 32.7 Å². The largest absolute Gasteiger partial charge is 0.353 e. The highest BCUT2D eigenvalue weighted by Gasteiger charge is 2.22. The molecular weight excluding hydrogens is 202 g/mol. The van der Waals surface area contributed by atoms with Crippen molar-refractivity contribution in [2.75, 3.05) is 32.7 Å². The lowest BCUT2D eigenvalue weighted by atomic mass is 10.4. The maximum Gasteiger partial charge on any atom is 0.221 e. The van der Waals surface area contributed by atoms with E-state index in [1.54, 1.807) is 0 Å². The Labute approximate surface area is 98.8 Å². The quantitative estimate of drug-likeness (QED) is 0.567. The molecular formula is C12H25N3O. The summed E-state index contributed by atoms with van der Waals surface area (Å²) < 4.78 is 0. The molecule has 0 radical (unpaired) electrons. The lowest BCUT2D eigenvalue weighted by molar-refractivity contribution is -0.121. The van der Waals surface area contributed by atoms with E-state index in [-0.39, 0.29) is 5.91 Å². The van der Waals surface area contributed by atoms with E-state index in [4.69, 9.17) is 0 Å². The third kappa shape index (κ3) is 6.08. The first kappa shape index (κ1) is 13.5. The number of carbonyl (C=O) groups is 1. The van der Waals surface area contributed by atoms with Crippen molar-refractivity contribution in [2.24, 2.45) is 0 Å². The Bertz CT molecular complexity index is 200. The fourth-order valence-corrected chi connectivity index (χ4v) is 1.63. The fourth-order valence-electron chi connectivity index (χ4n) is 1.63. The molecule has 0 spiro atoms. The van der Waals surface area contributed by atoms with Gasteiger partial charge in [-0.05, 0) is 25.9 Å². The van der Waals surface area contributed by atoms with E-state index < -0.39 is 0 Å². The summed E-state index contributed by atoms with van der Waals surface area (Å²) in [7, 11) is 0. The Balaban J connectivity index is 1.88. The van der Waals surface area contributed by atoms with E-state index in [0.29, 0.717) is 12.5 Å². The third-order valence-corrected chi connectivity index (χ3v) is 2.97. The second kappa shape index (κ2) is 7.63. The second-order valence-electron chi connectivity index (χ2n) is 4.37. The van der Waals surface area contributed by atoms with Crippen molar-refractivity contribution in [1.82, 2.24) is 15.5 Å². The molecule has 0 aromatic rings. The normalized spacial score (nSPS) is 15.4. The molecule has 0 bridgehead atoms. The average molecular weight is 227 g/mol. The zero-order chi connectivity index (χ0) is 11.8. The van der Waals surface area contributed by atoms with Gasteiger partial charge in [0.25, 0.3) is 0 Å². The Kier molecular flexibility index (Phi) is 6.42. The standard InChI is InChI=1S/C12H25N3O/c1-3-15(4-2)10-9-13-8-7-12(16)14-11-5-6-11/h11,13H,3-10H2,1-2H3,(H,14,16). The summed E-state index contributed by atoms with van der Waals surface area (Å²) in [6, 6.07) is 0.489. The molecule has 1 rings (SSSR count). The topological polar surface area (TPSA) is 44.4 Å². The van der Waals surface area contributed by atoms with Gasteiger partial charge in [0.15, 0.2) is 0 Å². The molecule has 94 valence electrons. The third-order valence-electron chi connectivity index (χ3n) is 2.97. The van der Waals surface area contributed by atoms with Gasteiger partial charge in [0.2, 0.25) is 5.91 Å². The molecule has 0 aliphatic heterocycles. The Hall–Kier alpha value is -0.610. The van der Waals surface area contributed by atoms with E-state index >= 15 is 0 Å². The zero-order valence-electron chi connectivity index (χ0n) is 10.6. The summed E-state index contributed by atoms with van der Waals surface area (Å²) >= 11 is 0. The van der Waals surface area contributed by atoms with E-state index in [2.05, 4.69) is 29.4 Å². The van der Waals surface area contributed by atoms with Gasteiger partial charge in [-0.3, -0.25) is 4.79 Å². The summed E-state index contributed by atoms with van der Waals surface area (Å²) in [4.78, 5) is 13.7. The van der Waals surface area contributed by atoms with Gasteiger partial charge >= 0.3 is 0 Å². The molecule has 1 saturated carbocycles. The molecule has 0 heterocycles. The zero-order valence-corrected chi connectivity index (χ0v) is 10.6. The fraction of sp³-hybridized carbons (Fsp3) is 0.917. The molecule has 0 saturated heterocycles. The minimum absolute atomic E-state index is 0.192. The maximum atomic E-state index is 11.3. The van der Waals surface area contributed by atoms with Gasteiger partial charge in [0, 0.05) is 32.1 Å². The van der Waals surface area contributed by atoms with Gasteiger partial charge in [0.1, 0.15) is 0 Å². The van der Waals surface area contributed by atoms with E-state index in [9.17, 15) is 4.79 Å². The van der Waals surface area contributed by atoms with Gasteiger partial charge in [-0.2, -0.15) is 0 Å². The molecule has 0 aromatic carbocycles. The summed E-state index contributed by atoms with van der Waals surface area (Å²) in [5, 5.41) is 6.29. The minimum Gasteiger partial charge on any atom is -0.353 e. The van der Waals surface area contributed by atoms with Gasteiger partial charge in [-0.25, -0.2) is 0 Å². The lowest BCUT2D eigenvalue weighted by Crippen LogP contribution is -2.34. The average Bonchev–Trinajstić information content (AvgIpc) is 3.07. The summed E-state index contributed by atoms with van der Waals surface area (Å²) in [5.41, 5.74) is 0. The van der Waals surface area contributed by atoms with E-state index in [1.807, 2.05) is 0 Å². The lowest BCUT2D eigenvalue weighted by Gasteiger charge is -2.17. The van der Waals surface area contributed by atoms with Crippen LogP contribution in [0.25, 0.3) is 0 Å². The van der Waals surface area contributed by atoms with Crippen LogP contribution in [-0.2, 0) is 4.79 Å². The van der Waals surface area contributed by atoms with Crippen LogP contribution in [0.2, 0.25) is 0 Å². The molecule has 16 heavy (non-hydrogen) atoms. The molecule has 1 aliphatic rings. The molecule has 1 amide bonds. The number of nitrogens with one attached hydrogen (secondary N) is 2. The SMILES string of the molecule is CCN(CC)CCNCCC(=O)NC1CC1. The first-order valence-corrected chi connectivity index (χ1v) is 6.48. The van der Waals surface area contributed by atoms with Crippen LogP contribution in [0, 0.1) is 0 Å². The van der Waals surface area contributed by atoms with Crippen molar-refractivity contribution in [1.29, 1.82) is 0 Å². The van der Waals surface area contributed by atoms with Crippen molar-refractivity contribution in [3.63, 3.8) is 0 Å². The number of amides is 1. The van der Waals surface area contributed by atoms with Crippen LogP contribution in [0.1, 0.15) is 33.1 Å². The second-order valence-corrected chi connectivity index (χ2v) is 4.37. The van der Waals surface area contributed by atoms with Crippen LogP contribution in [0.15, 0.2) is 0 Å². The number of likely N-dealkylation sites (N-methyl/N-ethyl adjacent to an activating group) is 1. The Morgan fingerprint density at radius 1 is 1.25 bits per heavy atom. The molecule has 0 atom stereocenters. The van der Waals surface area contributed by atoms with Crippen LogP contribution in [0.4, 0.5) is 0 Å². The number of nitrogens with zero attached hydrogens (tertiary/aromatic N) is 1. The highest BCUT2D eigenvalue weighted by atomic mass is 16.1. The molecule has 1 aliphatic carbocycles. The van der Waals surface area contributed by atoms with Crippen LogP contribution in [-0.4, -0.2) is 49.6 Å². The molecule has 4 heteroatoms. The van der Waals surface area contributed by atoms with Crippen LogP contribution < -0.4 is 10.6 Å². The highest BCUT2D eigenvalue weighted by Crippen LogP contribution is 2.18. The molecule has 4 nitrogen and oxygen atoms in total. The van der Waals surface area contributed by atoms with Gasteiger partial charge in [0.05, 0.1) is 0 Å². The number of rotatable bonds is 9. The van der Waals surface area contributed by atoms with Crippen LogP contribution in [0.3, 0.4) is 0 Å². The summed E-state index contributed by atoms with van der Waals surface area (Å²) in [6.45, 7) is 9.37. The van der Waals surface area contributed by atoms with Crippen molar-refractivity contribution in [2.45, 2.75) is 39.2 Å².